The van der Waals surface area contributed by atoms with Crippen molar-refractivity contribution in [2.75, 3.05) is 0 Å². The van der Waals surface area contributed by atoms with Gasteiger partial charge in [0, 0.05) is 13.3 Å². The van der Waals surface area contributed by atoms with E-state index >= 15 is 0 Å². The number of benzene rings is 1. The molecule has 19 heavy (non-hydrogen) atoms. The number of hydrazone groups is 1. The standard InChI is InChI=1S/C13H15N3O3/c1-9(17)16-15-8-11-5-3-10(4-6-11)7-12(14-2)13(18)19/h3-6,8,12H,2,7H2,1H3,(H,16,17)(H,18,19)/b15-8+. The summed E-state index contributed by atoms with van der Waals surface area (Å²) in [6, 6.07) is 6.30. The number of hydrogen-bond donors (Lipinski definition) is 2. The first-order valence-corrected chi connectivity index (χ1v) is 5.60. The third-order valence-electron chi connectivity index (χ3n) is 2.35. The van der Waals surface area contributed by atoms with Gasteiger partial charge in [0.25, 0.3) is 0 Å². The second-order valence-corrected chi connectivity index (χ2v) is 3.91. The van der Waals surface area contributed by atoms with Gasteiger partial charge >= 0.3 is 5.97 Å². The highest BCUT2D eigenvalue weighted by molar-refractivity contribution is 5.81. The van der Waals surface area contributed by atoms with Crippen LogP contribution in [0.3, 0.4) is 0 Å². The second kappa shape index (κ2) is 7.05. The van der Waals surface area contributed by atoms with E-state index in [2.05, 4.69) is 22.2 Å². The first-order valence-electron chi connectivity index (χ1n) is 5.60. The Labute approximate surface area is 110 Å². The Morgan fingerprint density at radius 3 is 2.53 bits per heavy atom. The number of carbonyl (C=O) groups excluding carboxylic acids is 1. The molecule has 0 bridgehead atoms. The lowest BCUT2D eigenvalue weighted by Crippen LogP contribution is -2.20. The molecule has 2 N–H and O–H groups in total. The van der Waals surface area contributed by atoms with Gasteiger partial charge in [-0.15, -0.1) is 0 Å². The molecule has 0 aliphatic carbocycles. The molecule has 0 aliphatic rings. The molecule has 1 rings (SSSR count). The molecule has 1 aromatic carbocycles. The van der Waals surface area contributed by atoms with Gasteiger partial charge in [-0.2, -0.15) is 5.10 Å². The summed E-state index contributed by atoms with van der Waals surface area (Å²) < 4.78 is 0. The van der Waals surface area contributed by atoms with Gasteiger partial charge in [-0.25, -0.2) is 10.2 Å². The Bertz CT molecular complexity index is 494. The summed E-state index contributed by atoms with van der Waals surface area (Å²) in [5.74, 6) is -1.24. The van der Waals surface area contributed by atoms with Crippen LogP contribution in [0.1, 0.15) is 18.1 Å². The summed E-state index contributed by atoms with van der Waals surface area (Å²) >= 11 is 0. The van der Waals surface area contributed by atoms with Crippen LogP contribution in [0, 0.1) is 0 Å². The number of carbonyl (C=O) groups is 2. The number of aliphatic carboxylic acids is 1. The molecular formula is C13H15N3O3. The minimum Gasteiger partial charge on any atom is -0.480 e. The van der Waals surface area contributed by atoms with Crippen molar-refractivity contribution in [2.24, 2.45) is 10.1 Å². The lowest BCUT2D eigenvalue weighted by Gasteiger charge is -2.06. The normalized spacial score (nSPS) is 12.1. The fourth-order valence-electron chi connectivity index (χ4n) is 1.39. The van der Waals surface area contributed by atoms with Gasteiger partial charge in [0.05, 0.1) is 6.21 Å². The van der Waals surface area contributed by atoms with Crippen molar-refractivity contribution in [3.63, 3.8) is 0 Å². The Morgan fingerprint density at radius 2 is 2.05 bits per heavy atom. The molecule has 0 saturated heterocycles. The fourth-order valence-corrected chi connectivity index (χ4v) is 1.39. The molecule has 1 atom stereocenters. The number of nitrogens with zero attached hydrogens (tertiary/aromatic N) is 2. The Kier molecular flexibility index (Phi) is 5.40. The third-order valence-corrected chi connectivity index (χ3v) is 2.35. The second-order valence-electron chi connectivity index (χ2n) is 3.91. The topological polar surface area (TPSA) is 91.1 Å². The Morgan fingerprint density at radius 1 is 1.42 bits per heavy atom. The van der Waals surface area contributed by atoms with Crippen molar-refractivity contribution in [2.45, 2.75) is 19.4 Å². The summed E-state index contributed by atoms with van der Waals surface area (Å²) in [6.45, 7) is 4.63. The lowest BCUT2D eigenvalue weighted by atomic mass is 10.0. The molecule has 0 radical (unpaired) electrons. The Hall–Kier alpha value is -2.50. The quantitative estimate of drug-likeness (QED) is 0.587. The highest BCUT2D eigenvalue weighted by Gasteiger charge is 2.14. The minimum absolute atomic E-state index is 0.241. The highest BCUT2D eigenvalue weighted by Crippen LogP contribution is 2.07. The van der Waals surface area contributed by atoms with Crippen LogP contribution >= 0.6 is 0 Å². The SMILES string of the molecule is C=NC(Cc1ccc(/C=N/NC(C)=O)cc1)C(=O)O. The van der Waals surface area contributed by atoms with Crippen molar-refractivity contribution < 1.29 is 14.7 Å². The molecule has 0 aliphatic heterocycles. The zero-order valence-corrected chi connectivity index (χ0v) is 10.5. The Balaban J connectivity index is 2.66. The van der Waals surface area contributed by atoms with E-state index in [1.54, 1.807) is 24.3 Å². The third kappa shape index (κ3) is 5.12. The molecule has 1 unspecified atom stereocenters. The molecule has 1 aromatic rings. The van der Waals surface area contributed by atoms with E-state index in [4.69, 9.17) is 5.11 Å². The summed E-state index contributed by atoms with van der Waals surface area (Å²) in [5.41, 5.74) is 3.94. The van der Waals surface area contributed by atoms with Gasteiger partial charge in [-0.3, -0.25) is 9.79 Å². The molecule has 0 fully saturated rings. The predicted molar refractivity (Wildman–Crippen MR) is 72.5 cm³/mol. The van der Waals surface area contributed by atoms with E-state index in [9.17, 15) is 9.59 Å². The van der Waals surface area contributed by atoms with Crippen LogP contribution in [0.4, 0.5) is 0 Å². The van der Waals surface area contributed by atoms with Gasteiger partial charge in [0.2, 0.25) is 5.91 Å². The summed E-state index contributed by atoms with van der Waals surface area (Å²) in [7, 11) is 0. The van der Waals surface area contributed by atoms with Gasteiger partial charge in [-0.1, -0.05) is 24.3 Å². The smallest absolute Gasteiger partial charge is 0.328 e. The average Bonchev–Trinajstić information content (AvgIpc) is 2.37. The maximum Gasteiger partial charge on any atom is 0.328 e. The summed E-state index contributed by atoms with van der Waals surface area (Å²) in [6.07, 6.45) is 1.80. The van der Waals surface area contributed by atoms with Crippen LogP contribution < -0.4 is 5.43 Å². The zero-order chi connectivity index (χ0) is 14.3. The van der Waals surface area contributed by atoms with Gasteiger partial charge < -0.3 is 5.11 Å². The fraction of sp³-hybridized carbons (Fsp3) is 0.231. The average molecular weight is 261 g/mol. The van der Waals surface area contributed by atoms with E-state index in [0.717, 1.165) is 11.1 Å². The van der Waals surface area contributed by atoms with E-state index in [1.807, 2.05) is 0 Å². The van der Waals surface area contributed by atoms with Crippen LogP contribution in [-0.4, -0.2) is 36.0 Å². The van der Waals surface area contributed by atoms with Crippen molar-refractivity contribution in [1.82, 2.24) is 5.43 Å². The molecule has 0 aromatic heterocycles. The molecule has 0 saturated carbocycles. The molecule has 1 amide bonds. The van der Waals surface area contributed by atoms with Crippen molar-refractivity contribution in [3.8, 4) is 0 Å². The molecule has 6 heteroatoms. The van der Waals surface area contributed by atoms with Crippen LogP contribution in [0.5, 0.6) is 0 Å². The highest BCUT2D eigenvalue weighted by atomic mass is 16.4. The van der Waals surface area contributed by atoms with Gasteiger partial charge in [0.1, 0.15) is 0 Å². The van der Waals surface area contributed by atoms with Crippen molar-refractivity contribution in [1.29, 1.82) is 0 Å². The van der Waals surface area contributed by atoms with Gasteiger partial charge in [-0.05, 0) is 17.8 Å². The zero-order valence-electron chi connectivity index (χ0n) is 10.5. The van der Waals surface area contributed by atoms with E-state index in [-0.39, 0.29) is 5.91 Å². The summed E-state index contributed by atoms with van der Waals surface area (Å²) in [5, 5.41) is 12.6. The minimum atomic E-state index is -0.994. The number of carboxylic acids is 1. The largest absolute Gasteiger partial charge is 0.480 e. The van der Waals surface area contributed by atoms with E-state index < -0.39 is 12.0 Å². The van der Waals surface area contributed by atoms with Crippen LogP contribution in [-0.2, 0) is 16.0 Å². The lowest BCUT2D eigenvalue weighted by molar-refractivity contribution is -0.138. The first kappa shape index (κ1) is 14.6. The van der Waals surface area contributed by atoms with Gasteiger partial charge in [0.15, 0.2) is 6.04 Å². The number of carboxylic acid groups (broad SMARTS) is 1. The number of aliphatic imine (C=N–C) groups is 1. The maximum atomic E-state index is 10.8. The molecule has 0 heterocycles. The number of hydrogen-bond acceptors (Lipinski definition) is 4. The summed E-state index contributed by atoms with van der Waals surface area (Å²) in [4.78, 5) is 25.0. The van der Waals surface area contributed by atoms with Crippen molar-refractivity contribution in [3.05, 3.63) is 35.4 Å². The van der Waals surface area contributed by atoms with E-state index in [1.165, 1.54) is 13.1 Å². The monoisotopic (exact) mass is 261 g/mol. The number of rotatable bonds is 6. The first-order chi connectivity index (χ1) is 9.02. The molecule has 0 spiro atoms. The van der Waals surface area contributed by atoms with Crippen LogP contribution in [0.2, 0.25) is 0 Å². The molecule has 100 valence electrons. The van der Waals surface area contributed by atoms with Crippen LogP contribution in [0.15, 0.2) is 34.4 Å². The molecular weight excluding hydrogens is 246 g/mol. The van der Waals surface area contributed by atoms with Crippen molar-refractivity contribution >= 4 is 24.8 Å². The number of nitrogens with one attached hydrogen (secondary N) is 1. The predicted octanol–water partition coefficient (Wildman–Crippen LogP) is 0.853. The number of amides is 1. The maximum absolute atomic E-state index is 10.8. The molecule has 6 nitrogen and oxygen atoms in total. The van der Waals surface area contributed by atoms with Crippen LogP contribution in [0.25, 0.3) is 0 Å². The van der Waals surface area contributed by atoms with E-state index in [0.29, 0.717) is 6.42 Å².